The topological polar surface area (TPSA) is 12.4 Å². The number of allylic oxidation sites excluding steroid dienone is 6. The second kappa shape index (κ2) is 17.5. The van der Waals surface area contributed by atoms with Crippen LogP contribution in [0.15, 0.2) is 52.5 Å². The molecule has 0 bridgehead atoms. The van der Waals surface area contributed by atoms with Crippen molar-refractivity contribution < 1.29 is 21.7 Å². The first-order chi connectivity index (χ1) is 13.7. The third-order valence-corrected chi connectivity index (χ3v) is 12.0. The monoisotopic (exact) mass is 467 g/mol. The van der Waals surface area contributed by atoms with Crippen molar-refractivity contribution in [3.8, 4) is 0 Å². The van der Waals surface area contributed by atoms with Crippen molar-refractivity contribution in [2.45, 2.75) is 124 Å². The molecule has 0 spiro atoms. The van der Waals surface area contributed by atoms with Crippen LogP contribution in [0.2, 0.25) is 0 Å². The molecule has 0 amide bonds. The maximum absolute atomic E-state index is 5.57. The second-order valence-corrected chi connectivity index (χ2v) is 13.3. The van der Waals surface area contributed by atoms with Gasteiger partial charge in [-0.05, 0) is 70.1 Å². The quantitative estimate of drug-likeness (QED) is 0.163. The molecule has 172 valence electrons. The summed E-state index contributed by atoms with van der Waals surface area (Å²) in [5.41, 5.74) is 6.08. The van der Waals surface area contributed by atoms with Gasteiger partial charge in [0.15, 0.2) is 0 Å². The standard InChI is InChI=1S/C20H38NP.C7H12.Ti/c1-7-12-17(4)22(18(5)13-8-2,19(6)14-9-3)21-20-15-10-11-16-20;1-5-7(4)6(2)3;/h10-11,15,17-19H,7-9,12-14,16H2,1-6H3;5H,2H2,1,3-4H3;. The molecular weight excluding hydrogens is 417 g/mol. The normalized spacial score (nSPS) is 18.2. The van der Waals surface area contributed by atoms with Gasteiger partial charge in [-0.3, -0.25) is 4.74 Å². The van der Waals surface area contributed by atoms with Crippen LogP contribution >= 0.6 is 7.05 Å². The molecule has 3 heteroatoms. The van der Waals surface area contributed by atoms with Crippen LogP contribution in [-0.2, 0) is 21.7 Å². The van der Waals surface area contributed by atoms with Crippen molar-refractivity contribution >= 4 is 7.05 Å². The first kappa shape index (κ1) is 32.1. The van der Waals surface area contributed by atoms with E-state index in [1.807, 2.05) is 13.8 Å². The molecule has 0 radical (unpaired) electrons. The Hall–Kier alpha value is -0.0957. The van der Waals surface area contributed by atoms with E-state index < -0.39 is 7.05 Å². The first-order valence-corrected chi connectivity index (χ1v) is 13.9. The van der Waals surface area contributed by atoms with E-state index in [4.69, 9.17) is 4.74 Å². The Labute approximate surface area is 204 Å². The van der Waals surface area contributed by atoms with Crippen LogP contribution in [0.4, 0.5) is 0 Å². The van der Waals surface area contributed by atoms with Crippen molar-refractivity contribution in [1.29, 1.82) is 0 Å². The summed E-state index contributed by atoms with van der Waals surface area (Å²) < 4.78 is 5.57. The summed E-state index contributed by atoms with van der Waals surface area (Å²) in [6, 6.07) is 0. The van der Waals surface area contributed by atoms with Crippen LogP contribution in [0.3, 0.4) is 0 Å². The summed E-state index contributed by atoms with van der Waals surface area (Å²) in [6.07, 6.45) is 17.7. The summed E-state index contributed by atoms with van der Waals surface area (Å²) >= 11 is 0. The summed E-state index contributed by atoms with van der Waals surface area (Å²) in [4.78, 5) is 0. The Kier molecular flexibility index (Phi) is 18.7. The van der Waals surface area contributed by atoms with Crippen molar-refractivity contribution in [2.75, 3.05) is 0 Å². The van der Waals surface area contributed by atoms with Gasteiger partial charge in [0.25, 0.3) is 0 Å². The van der Waals surface area contributed by atoms with Gasteiger partial charge < -0.3 is 0 Å². The molecule has 0 aromatic heterocycles. The summed E-state index contributed by atoms with van der Waals surface area (Å²) in [6.45, 7) is 24.3. The van der Waals surface area contributed by atoms with E-state index in [9.17, 15) is 0 Å². The maximum Gasteiger partial charge on any atom is 0.0425 e. The predicted octanol–water partition coefficient (Wildman–Crippen LogP) is 10.1. The Balaban J connectivity index is 0. The van der Waals surface area contributed by atoms with Crippen molar-refractivity contribution in [3.05, 3.63) is 47.7 Å². The molecule has 0 heterocycles. The van der Waals surface area contributed by atoms with Gasteiger partial charge in [-0.15, -0.1) is 0 Å². The summed E-state index contributed by atoms with van der Waals surface area (Å²) in [7, 11) is -1.35. The van der Waals surface area contributed by atoms with Gasteiger partial charge in [0, 0.05) is 33.8 Å². The molecule has 1 aliphatic rings. The van der Waals surface area contributed by atoms with E-state index in [2.05, 4.69) is 79.3 Å². The molecule has 0 fully saturated rings. The zero-order valence-corrected chi connectivity index (χ0v) is 24.0. The SMILES string of the molecule is C=C(C)C(C)=CC.CCCC(C)P(=NC1=CC=CC1)(C(C)CCC)C(C)CCC.[Ti]. The van der Waals surface area contributed by atoms with Crippen molar-refractivity contribution in [2.24, 2.45) is 4.74 Å². The third kappa shape index (κ3) is 10.0. The summed E-state index contributed by atoms with van der Waals surface area (Å²) in [5, 5.41) is 0. The van der Waals surface area contributed by atoms with Crippen LogP contribution in [0.1, 0.15) is 107 Å². The van der Waals surface area contributed by atoms with Gasteiger partial charge in [0.1, 0.15) is 0 Å². The van der Waals surface area contributed by atoms with E-state index in [1.165, 1.54) is 49.8 Å². The van der Waals surface area contributed by atoms with Crippen molar-refractivity contribution in [3.63, 3.8) is 0 Å². The minimum Gasteiger partial charge on any atom is -0.271 e. The minimum atomic E-state index is -1.35. The number of nitrogens with zero attached hydrogens (tertiary/aromatic N) is 1. The average molecular weight is 468 g/mol. The summed E-state index contributed by atoms with van der Waals surface area (Å²) in [5.74, 6) is 0. The largest absolute Gasteiger partial charge is 0.271 e. The molecule has 3 unspecified atom stereocenters. The number of hydrogen-bond donors (Lipinski definition) is 0. The Morgan fingerprint density at radius 2 is 1.43 bits per heavy atom. The van der Waals surface area contributed by atoms with Gasteiger partial charge in [-0.2, -0.15) is 0 Å². The fourth-order valence-electron chi connectivity index (χ4n) is 4.45. The molecule has 0 aliphatic heterocycles. The molecule has 0 aromatic carbocycles. The smallest absolute Gasteiger partial charge is 0.0425 e. The average Bonchev–Trinajstić information content (AvgIpc) is 3.19. The number of rotatable bonds is 11. The molecule has 0 saturated carbocycles. The van der Waals surface area contributed by atoms with E-state index >= 15 is 0 Å². The molecule has 0 N–H and O–H groups in total. The fraction of sp³-hybridized carbons (Fsp3) is 0.704. The predicted molar refractivity (Wildman–Crippen MR) is 139 cm³/mol. The molecule has 1 rings (SSSR count). The first-order valence-electron chi connectivity index (χ1n) is 12.0. The van der Waals surface area contributed by atoms with Gasteiger partial charge >= 0.3 is 0 Å². The maximum atomic E-state index is 5.57. The fourth-order valence-corrected chi connectivity index (χ4v) is 10.3. The Morgan fingerprint density at radius 3 is 1.67 bits per heavy atom. The Morgan fingerprint density at radius 1 is 1.00 bits per heavy atom. The van der Waals surface area contributed by atoms with Crippen LogP contribution in [0.5, 0.6) is 0 Å². The van der Waals surface area contributed by atoms with Gasteiger partial charge in [-0.1, -0.05) is 96.8 Å². The minimum absolute atomic E-state index is 0. The van der Waals surface area contributed by atoms with E-state index in [0.29, 0.717) is 0 Å². The van der Waals surface area contributed by atoms with Crippen LogP contribution in [0, 0.1) is 0 Å². The molecule has 30 heavy (non-hydrogen) atoms. The van der Waals surface area contributed by atoms with Gasteiger partial charge in [0.05, 0.1) is 0 Å². The molecule has 0 aromatic rings. The molecular formula is C27H50NPTi. The van der Waals surface area contributed by atoms with E-state index in [0.717, 1.165) is 29.0 Å². The second-order valence-electron chi connectivity index (χ2n) is 8.85. The molecule has 3 atom stereocenters. The molecule has 0 saturated heterocycles. The van der Waals surface area contributed by atoms with E-state index in [1.54, 1.807) is 0 Å². The zero-order chi connectivity index (χ0) is 22.4. The zero-order valence-electron chi connectivity index (χ0n) is 21.6. The van der Waals surface area contributed by atoms with Gasteiger partial charge in [-0.25, -0.2) is 0 Å². The van der Waals surface area contributed by atoms with Crippen LogP contribution < -0.4 is 0 Å². The van der Waals surface area contributed by atoms with Gasteiger partial charge in [0.2, 0.25) is 0 Å². The van der Waals surface area contributed by atoms with Crippen molar-refractivity contribution in [1.82, 2.24) is 0 Å². The van der Waals surface area contributed by atoms with E-state index in [-0.39, 0.29) is 21.7 Å². The molecule has 1 aliphatic carbocycles. The van der Waals surface area contributed by atoms with Crippen LogP contribution in [-0.4, -0.2) is 17.0 Å². The van der Waals surface area contributed by atoms with Crippen LogP contribution in [0.25, 0.3) is 0 Å². The Bertz CT molecular complexity index is 589. The molecule has 1 nitrogen and oxygen atoms in total. The third-order valence-electron chi connectivity index (χ3n) is 6.40. The number of hydrogen-bond acceptors (Lipinski definition) is 1.